The van der Waals surface area contributed by atoms with Crippen molar-refractivity contribution < 1.29 is 41.7 Å². The van der Waals surface area contributed by atoms with Gasteiger partial charge < -0.3 is 0 Å². The Labute approximate surface area is 192 Å². The van der Waals surface area contributed by atoms with Crippen LogP contribution in [0.5, 0.6) is 0 Å². The van der Waals surface area contributed by atoms with Crippen molar-refractivity contribution in [3.8, 4) is 0 Å². The maximum atomic E-state index is 2.53. The second kappa shape index (κ2) is 24.0. The van der Waals surface area contributed by atoms with E-state index in [1.165, 1.54) is 0 Å². The quantitative estimate of drug-likeness (QED) is 0.253. The van der Waals surface area contributed by atoms with Crippen LogP contribution in [-0.2, 0) is 0 Å². The largest absolute Gasteiger partial charge is 0 e. The van der Waals surface area contributed by atoms with Gasteiger partial charge in [0.2, 0.25) is 0 Å². The Hall–Kier alpha value is 7.62. The van der Waals surface area contributed by atoms with Crippen molar-refractivity contribution in [1.29, 1.82) is 0 Å². The van der Waals surface area contributed by atoms with Gasteiger partial charge >= 0.3 is 63.4 Å². The summed E-state index contributed by atoms with van der Waals surface area (Å²) in [7, 11) is -0.727. The molecule has 0 spiro atoms. The van der Waals surface area contributed by atoms with Crippen LogP contribution in [0.15, 0.2) is 0 Å². The van der Waals surface area contributed by atoms with Gasteiger partial charge in [0.25, 0.3) is 0 Å². The van der Waals surface area contributed by atoms with Gasteiger partial charge in [-0.2, -0.15) is 0 Å². The van der Waals surface area contributed by atoms with Crippen molar-refractivity contribution in [1.82, 2.24) is 0 Å². The third kappa shape index (κ3) is 37.4. The molecule has 0 amide bonds. The summed E-state index contributed by atoms with van der Waals surface area (Å²) in [5.41, 5.74) is 0. The fourth-order valence-electron chi connectivity index (χ4n) is 0. The average molecular weight is 903 g/mol. The first-order chi connectivity index (χ1) is 1.73. The van der Waals surface area contributed by atoms with Gasteiger partial charge in [-0.25, -0.2) is 0 Å². The maximum absolute atomic E-state index is 2.53. The van der Waals surface area contributed by atoms with Crippen molar-refractivity contribution in [2.75, 3.05) is 0 Å². The number of rotatable bonds is 0. The van der Waals surface area contributed by atoms with E-state index in [-0.39, 0.29) is 136 Å². The molecule has 0 rings (SSSR count). The standard InChI is InChI=1S/Ca.Ce.3HI.In.Na.Tl/h;;3*1H;;;/q;;;;;+3;;/p-3. The summed E-state index contributed by atoms with van der Waals surface area (Å²) in [6.07, 6.45) is 0. The first-order valence-corrected chi connectivity index (χ1v) is 29.5. The molecular weight excluding hydrogens is 903 g/mol. The van der Waals surface area contributed by atoms with Crippen LogP contribution in [-0.4, -0.2) is 104 Å². The number of hydrogen-bond acceptors (Lipinski definition) is 0. The molecular formula is CaCeI3InNaTl. The average Bonchev–Trinajstić information content (AvgIpc) is 0.811. The van der Waals surface area contributed by atoms with Gasteiger partial charge in [0.05, 0.1) is 0 Å². The molecule has 8 heteroatoms. The van der Waals surface area contributed by atoms with E-state index >= 15 is 0 Å². The summed E-state index contributed by atoms with van der Waals surface area (Å²) >= 11 is 7.58. The van der Waals surface area contributed by atoms with Crippen molar-refractivity contribution in [2.45, 2.75) is 0 Å². The minimum Gasteiger partial charge on any atom is 0 e. The van der Waals surface area contributed by atoms with E-state index in [9.17, 15) is 0 Å². The summed E-state index contributed by atoms with van der Waals surface area (Å²) in [6, 6.07) is 0. The van der Waals surface area contributed by atoms with Crippen LogP contribution in [0.3, 0.4) is 0 Å². The van der Waals surface area contributed by atoms with Gasteiger partial charge in [0.15, 0.2) is 0 Å². The Morgan fingerprint density at radius 1 is 1.00 bits per heavy atom. The summed E-state index contributed by atoms with van der Waals surface area (Å²) in [4.78, 5) is 0. The monoisotopic (exact) mass is 903 g/mol. The molecule has 0 heterocycles. The molecule has 4 radical (unpaired) electrons. The van der Waals surface area contributed by atoms with E-state index in [4.69, 9.17) is 0 Å². The summed E-state index contributed by atoms with van der Waals surface area (Å²) in [5, 5.41) is 0. The van der Waals surface area contributed by atoms with Crippen LogP contribution >= 0.6 is 54.4 Å². The predicted octanol–water partition coefficient (Wildman–Crippen LogP) is 1.13. The van der Waals surface area contributed by atoms with Gasteiger partial charge in [0, 0.05) is 136 Å². The molecule has 0 aromatic carbocycles. The van der Waals surface area contributed by atoms with Crippen LogP contribution in [0.25, 0.3) is 0 Å². The molecule has 0 aliphatic carbocycles. The second-order valence-corrected chi connectivity index (χ2v) is 74.7. The molecule has 0 aromatic rings. The zero-order valence-corrected chi connectivity index (χ0v) is 26.1. The minimum absolute atomic E-state index is 0. The van der Waals surface area contributed by atoms with Crippen LogP contribution < -0.4 is 0 Å². The fourth-order valence-corrected chi connectivity index (χ4v) is 0. The third-order valence-corrected chi connectivity index (χ3v) is 0. The normalized spacial score (nSPS) is 3.38. The maximum Gasteiger partial charge on any atom is 0 e. The van der Waals surface area contributed by atoms with E-state index < -0.39 is 8.97 Å². The molecule has 34 valence electrons. The number of hydrogen-bond donors (Lipinski definition) is 0. The molecule has 0 nitrogen and oxygen atoms in total. The van der Waals surface area contributed by atoms with Crippen molar-refractivity contribution in [2.24, 2.45) is 0 Å². The zero-order chi connectivity index (χ0) is 3.58. The van der Waals surface area contributed by atoms with E-state index in [1.807, 2.05) is 0 Å². The molecule has 0 N–H and O–H groups in total. The van der Waals surface area contributed by atoms with Gasteiger partial charge in [-0.1, -0.05) is 0 Å². The van der Waals surface area contributed by atoms with Gasteiger partial charge in [-0.05, 0) is 0 Å². The summed E-state index contributed by atoms with van der Waals surface area (Å²) < 4.78 is 0. The molecule has 0 atom stereocenters. The molecule has 0 unspecified atom stereocenters. The molecule has 0 bridgehead atoms. The van der Waals surface area contributed by atoms with E-state index in [1.54, 1.807) is 0 Å². The minimum atomic E-state index is -0.727. The summed E-state index contributed by atoms with van der Waals surface area (Å²) in [6.45, 7) is 0. The van der Waals surface area contributed by atoms with E-state index in [2.05, 4.69) is 54.4 Å². The molecule has 0 aliphatic rings. The van der Waals surface area contributed by atoms with Gasteiger partial charge in [0.1, 0.15) is 0 Å². The van der Waals surface area contributed by atoms with Gasteiger partial charge in [-0.3, -0.25) is 0 Å². The molecule has 0 aromatic heterocycles. The smallest absolute Gasteiger partial charge is 0 e. The fraction of sp³-hybridized carbons (Fsp3) is 0. The van der Waals surface area contributed by atoms with Crippen LogP contribution in [0.2, 0.25) is 0 Å². The SMILES string of the molecule is [Ca].[Ce].[I][In]([I])[I].[Na].[Tl]. The van der Waals surface area contributed by atoms with Crippen molar-refractivity contribution in [3.05, 3.63) is 0 Å². The Bertz CT molecular complexity index is 24.0. The van der Waals surface area contributed by atoms with Crippen molar-refractivity contribution in [3.63, 3.8) is 0 Å². The van der Waals surface area contributed by atoms with Crippen LogP contribution in [0.1, 0.15) is 0 Å². The molecule has 0 fully saturated rings. The van der Waals surface area contributed by atoms with Crippen LogP contribution in [0.4, 0.5) is 0 Å². The Kier molecular flexibility index (Phi) is 89.0. The molecule has 0 saturated carbocycles. The van der Waals surface area contributed by atoms with Crippen LogP contribution in [0, 0.1) is 41.7 Å². The third-order valence-electron chi connectivity index (χ3n) is 0. The van der Waals surface area contributed by atoms with Gasteiger partial charge in [-0.15, -0.1) is 0 Å². The zero-order valence-electron chi connectivity index (χ0n) is 4.50. The molecule has 8 heavy (non-hydrogen) atoms. The molecule has 0 aliphatic heterocycles. The Morgan fingerprint density at radius 3 is 1.00 bits per heavy atom. The van der Waals surface area contributed by atoms with Crippen molar-refractivity contribution >= 4 is 158 Å². The van der Waals surface area contributed by atoms with E-state index in [0.29, 0.717) is 0 Å². The Balaban J connectivity index is -0.00000000750. The predicted molar refractivity (Wildman–Crippen MR) is 65.1 cm³/mol. The summed E-state index contributed by atoms with van der Waals surface area (Å²) in [5.74, 6) is 0. The molecule has 0 saturated heterocycles. The Morgan fingerprint density at radius 2 is 1.00 bits per heavy atom. The first-order valence-electron chi connectivity index (χ1n) is 0.655. The second-order valence-electron chi connectivity index (χ2n) is 0.247. The number of halogens is 3. The first kappa shape index (κ1) is 29.6. The topological polar surface area (TPSA) is 0 Å². The van der Waals surface area contributed by atoms with E-state index in [0.717, 1.165) is 0 Å².